The lowest BCUT2D eigenvalue weighted by Crippen LogP contribution is -2.41. The fraction of sp³-hybridized carbons (Fsp3) is 0.556. The molecule has 1 aromatic carbocycles. The van der Waals surface area contributed by atoms with Crippen molar-refractivity contribution in [2.24, 2.45) is 5.84 Å². The molecule has 0 aromatic heterocycles. The van der Waals surface area contributed by atoms with Crippen LogP contribution in [0.25, 0.3) is 0 Å². The van der Waals surface area contributed by atoms with E-state index in [1.165, 1.54) is 17.7 Å². The van der Waals surface area contributed by atoms with Gasteiger partial charge in [-0.25, -0.2) is 5.84 Å². The highest BCUT2D eigenvalue weighted by atomic mass is 16.5. The lowest BCUT2D eigenvalue weighted by Gasteiger charge is -2.19. The lowest BCUT2D eigenvalue weighted by molar-refractivity contribution is -0.133. The molecule has 1 saturated heterocycles. The van der Waals surface area contributed by atoms with Gasteiger partial charge in [-0.3, -0.25) is 15.0 Å². The molecule has 1 heterocycles. The van der Waals surface area contributed by atoms with Gasteiger partial charge in [0, 0.05) is 18.9 Å². The van der Waals surface area contributed by atoms with Crippen molar-refractivity contribution in [3.05, 3.63) is 23.8 Å². The van der Waals surface area contributed by atoms with Crippen LogP contribution in [0.3, 0.4) is 0 Å². The fourth-order valence-corrected chi connectivity index (χ4v) is 3.59. The third kappa shape index (κ3) is 4.04. The number of hydrazine groups is 1. The summed E-state index contributed by atoms with van der Waals surface area (Å²) in [4.78, 5) is 25.1. The summed E-state index contributed by atoms with van der Waals surface area (Å²) in [6.45, 7) is 0.495. The van der Waals surface area contributed by atoms with Crippen LogP contribution in [0.5, 0.6) is 11.5 Å². The highest BCUT2D eigenvalue weighted by molar-refractivity contribution is 5.86. The first-order valence-electron chi connectivity index (χ1n) is 8.72. The molecule has 3 N–H and O–H groups in total. The Morgan fingerprint density at radius 1 is 1.32 bits per heavy atom. The van der Waals surface area contributed by atoms with Crippen LogP contribution >= 0.6 is 0 Å². The number of benzene rings is 1. The van der Waals surface area contributed by atoms with Gasteiger partial charge in [-0.2, -0.15) is 0 Å². The molecular weight excluding hydrogens is 322 g/mol. The minimum absolute atomic E-state index is 0.00653. The third-order valence-electron chi connectivity index (χ3n) is 4.96. The summed E-state index contributed by atoms with van der Waals surface area (Å²) in [5.41, 5.74) is 3.09. The average Bonchev–Trinajstić information content (AvgIpc) is 3.25. The minimum Gasteiger partial charge on any atom is -0.493 e. The van der Waals surface area contributed by atoms with E-state index >= 15 is 0 Å². The number of carbonyl (C=O) groups excluding carboxylic acids is 2. The molecule has 1 aliphatic carbocycles. The summed E-state index contributed by atoms with van der Waals surface area (Å²) in [5.74, 6) is 6.18. The molecule has 136 valence electrons. The van der Waals surface area contributed by atoms with Gasteiger partial charge in [-0.05, 0) is 43.4 Å². The molecule has 3 rings (SSSR count). The Bertz CT molecular complexity index is 643. The topological polar surface area (TPSA) is 93.9 Å². The van der Waals surface area contributed by atoms with Gasteiger partial charge >= 0.3 is 0 Å². The van der Waals surface area contributed by atoms with Gasteiger partial charge < -0.3 is 14.4 Å². The number of hydrogen-bond acceptors (Lipinski definition) is 5. The molecule has 25 heavy (non-hydrogen) atoms. The number of nitrogens with zero attached hydrogens (tertiary/aromatic N) is 1. The Balaban J connectivity index is 1.73. The summed E-state index contributed by atoms with van der Waals surface area (Å²) in [5, 5.41) is 0. The van der Waals surface area contributed by atoms with E-state index < -0.39 is 0 Å². The van der Waals surface area contributed by atoms with Crippen LogP contribution in [0.15, 0.2) is 18.2 Å². The normalized spacial score (nSPS) is 20.8. The van der Waals surface area contributed by atoms with E-state index in [0.29, 0.717) is 18.7 Å². The maximum absolute atomic E-state index is 12.1. The van der Waals surface area contributed by atoms with Gasteiger partial charge in [0.2, 0.25) is 5.91 Å². The monoisotopic (exact) mass is 347 g/mol. The van der Waals surface area contributed by atoms with Gasteiger partial charge in [0.25, 0.3) is 5.91 Å². The van der Waals surface area contributed by atoms with Crippen LogP contribution in [0, 0.1) is 0 Å². The zero-order valence-corrected chi connectivity index (χ0v) is 14.5. The number of likely N-dealkylation sites (tertiary alicyclic amines) is 1. The molecule has 7 nitrogen and oxygen atoms in total. The summed E-state index contributed by atoms with van der Waals surface area (Å²) in [7, 11) is 1.63. The predicted molar refractivity (Wildman–Crippen MR) is 92.1 cm³/mol. The molecule has 0 bridgehead atoms. The van der Waals surface area contributed by atoms with Gasteiger partial charge in [0.05, 0.1) is 13.2 Å². The van der Waals surface area contributed by atoms with Crippen molar-refractivity contribution in [1.82, 2.24) is 10.3 Å². The van der Waals surface area contributed by atoms with Crippen molar-refractivity contribution < 1.29 is 19.1 Å². The molecule has 1 aliphatic heterocycles. The molecule has 7 heteroatoms. The minimum atomic E-state index is -0.367. The van der Waals surface area contributed by atoms with Crippen LogP contribution in [0.4, 0.5) is 0 Å². The second kappa shape index (κ2) is 7.74. The highest BCUT2D eigenvalue weighted by Gasteiger charge is 2.32. The number of rotatable bonds is 6. The first-order chi connectivity index (χ1) is 12.1. The summed E-state index contributed by atoms with van der Waals surface area (Å²) >= 11 is 0. The largest absolute Gasteiger partial charge is 0.493 e. The molecule has 2 aliphatic rings. The maximum atomic E-state index is 12.1. The molecule has 1 atom stereocenters. The van der Waals surface area contributed by atoms with Gasteiger partial charge in [0.15, 0.2) is 11.5 Å². The SMILES string of the molecule is COc1ccc(C2CC(=O)N(CC(=O)NN)C2)cc1OC1CCCC1. The Hall–Kier alpha value is -2.28. The van der Waals surface area contributed by atoms with Crippen molar-refractivity contribution in [3.63, 3.8) is 0 Å². The van der Waals surface area contributed by atoms with E-state index in [1.54, 1.807) is 7.11 Å². The summed E-state index contributed by atoms with van der Waals surface area (Å²) in [6.07, 6.45) is 5.14. The fourth-order valence-electron chi connectivity index (χ4n) is 3.59. The number of methoxy groups -OCH3 is 1. The van der Waals surface area contributed by atoms with Crippen molar-refractivity contribution >= 4 is 11.8 Å². The molecule has 1 saturated carbocycles. The molecule has 1 unspecified atom stereocenters. The molecule has 2 fully saturated rings. The quantitative estimate of drug-likeness (QED) is 0.460. The molecule has 1 aromatic rings. The van der Waals surface area contributed by atoms with Crippen LogP contribution in [-0.2, 0) is 9.59 Å². The van der Waals surface area contributed by atoms with Crippen molar-refractivity contribution in [2.75, 3.05) is 20.2 Å². The van der Waals surface area contributed by atoms with E-state index in [0.717, 1.165) is 24.2 Å². The summed E-state index contributed by atoms with van der Waals surface area (Å²) in [6, 6.07) is 5.83. The van der Waals surface area contributed by atoms with Crippen molar-refractivity contribution in [1.29, 1.82) is 0 Å². The first kappa shape index (κ1) is 17.5. The molecule has 0 radical (unpaired) electrons. The van der Waals surface area contributed by atoms with Gasteiger partial charge in [-0.15, -0.1) is 0 Å². The maximum Gasteiger partial charge on any atom is 0.253 e. The Kier molecular flexibility index (Phi) is 5.43. The summed E-state index contributed by atoms with van der Waals surface area (Å²) < 4.78 is 11.5. The van der Waals surface area contributed by atoms with Crippen LogP contribution in [0.2, 0.25) is 0 Å². The number of ether oxygens (including phenoxy) is 2. The van der Waals surface area contributed by atoms with E-state index in [-0.39, 0.29) is 30.4 Å². The number of carbonyl (C=O) groups is 2. The number of nitrogens with two attached hydrogens (primary N) is 1. The smallest absolute Gasteiger partial charge is 0.253 e. The van der Waals surface area contributed by atoms with Crippen LogP contribution < -0.4 is 20.7 Å². The standard InChI is InChI=1S/C18H25N3O4/c1-24-15-7-6-12(8-16(15)25-14-4-2-3-5-14)13-9-18(23)21(10-13)11-17(22)20-19/h6-8,13-14H,2-5,9-11,19H2,1H3,(H,20,22). The number of nitrogens with one attached hydrogen (secondary N) is 1. The predicted octanol–water partition coefficient (Wildman–Crippen LogP) is 1.32. The van der Waals surface area contributed by atoms with Crippen LogP contribution in [-0.4, -0.2) is 43.0 Å². The van der Waals surface area contributed by atoms with Gasteiger partial charge in [-0.1, -0.05) is 6.07 Å². The van der Waals surface area contributed by atoms with E-state index in [2.05, 4.69) is 5.43 Å². The molecular formula is C18H25N3O4. The van der Waals surface area contributed by atoms with E-state index in [1.807, 2.05) is 18.2 Å². The second-order valence-electron chi connectivity index (χ2n) is 6.68. The van der Waals surface area contributed by atoms with Gasteiger partial charge in [0.1, 0.15) is 6.54 Å². The van der Waals surface area contributed by atoms with E-state index in [9.17, 15) is 9.59 Å². The zero-order valence-electron chi connectivity index (χ0n) is 14.5. The second-order valence-corrected chi connectivity index (χ2v) is 6.68. The molecule has 0 spiro atoms. The van der Waals surface area contributed by atoms with Crippen LogP contribution in [0.1, 0.15) is 43.6 Å². The first-order valence-corrected chi connectivity index (χ1v) is 8.72. The Morgan fingerprint density at radius 2 is 2.08 bits per heavy atom. The van der Waals surface area contributed by atoms with Crippen molar-refractivity contribution in [3.8, 4) is 11.5 Å². The number of amides is 2. The highest BCUT2D eigenvalue weighted by Crippen LogP contribution is 2.36. The average molecular weight is 347 g/mol. The zero-order chi connectivity index (χ0) is 17.8. The van der Waals surface area contributed by atoms with E-state index in [4.69, 9.17) is 15.3 Å². The Labute approximate surface area is 147 Å². The number of hydrogen-bond donors (Lipinski definition) is 2. The Morgan fingerprint density at radius 3 is 2.76 bits per heavy atom. The van der Waals surface area contributed by atoms with Crippen molar-refractivity contribution in [2.45, 2.75) is 44.1 Å². The third-order valence-corrected chi connectivity index (χ3v) is 4.96. The lowest BCUT2D eigenvalue weighted by atomic mass is 9.98. The molecule has 2 amide bonds.